The van der Waals surface area contributed by atoms with Gasteiger partial charge in [-0.15, -0.1) is 0 Å². The smallest absolute Gasteiger partial charge is 0.328 e. The summed E-state index contributed by atoms with van der Waals surface area (Å²) in [5.41, 5.74) is 0. The first-order chi connectivity index (χ1) is 11.6. The molecule has 0 N–H and O–H groups in total. The van der Waals surface area contributed by atoms with E-state index < -0.39 is 6.04 Å². The van der Waals surface area contributed by atoms with Crippen molar-refractivity contribution in [1.29, 1.82) is 0 Å². The minimum Gasteiger partial charge on any atom is -0.492 e. The predicted molar refractivity (Wildman–Crippen MR) is 94.9 cm³/mol. The number of hydrogen-bond donors (Lipinski definition) is 0. The van der Waals surface area contributed by atoms with Crippen LogP contribution in [0.1, 0.15) is 39.0 Å². The number of esters is 1. The van der Waals surface area contributed by atoms with Gasteiger partial charge in [-0.3, -0.25) is 4.79 Å². The van der Waals surface area contributed by atoms with E-state index >= 15 is 0 Å². The van der Waals surface area contributed by atoms with Crippen LogP contribution < -0.4 is 4.74 Å². The molecule has 132 valence electrons. The van der Waals surface area contributed by atoms with Crippen molar-refractivity contribution in [3.8, 4) is 5.75 Å². The largest absolute Gasteiger partial charge is 0.492 e. The van der Waals surface area contributed by atoms with E-state index in [2.05, 4.69) is 15.9 Å². The Balaban J connectivity index is 1.80. The molecule has 1 heterocycles. The fourth-order valence-corrected chi connectivity index (χ4v) is 3.22. The first-order valence-corrected chi connectivity index (χ1v) is 9.26. The fraction of sp³-hybridized carbons (Fsp3) is 0.556. The first kappa shape index (κ1) is 18.8. The van der Waals surface area contributed by atoms with Gasteiger partial charge in [-0.05, 0) is 60.7 Å². The van der Waals surface area contributed by atoms with Gasteiger partial charge in [-0.2, -0.15) is 0 Å². The number of carbonyl (C=O) groups excluding carboxylic acids is 2. The molecule has 1 fully saturated rings. The standard InChI is InChI=1S/C18H24BrNO4/c1-2-23-18(22)15-9-5-6-12-20(15)17(21)11-7-13-24-16-10-4-3-8-14(16)19/h3-4,8,10,15H,2,5-7,9,11-13H2,1H3. The Morgan fingerprint density at radius 2 is 2.08 bits per heavy atom. The zero-order valence-electron chi connectivity index (χ0n) is 14.0. The molecule has 6 heteroatoms. The zero-order chi connectivity index (χ0) is 17.4. The SMILES string of the molecule is CCOC(=O)C1CCCCN1C(=O)CCCOc1ccccc1Br. The summed E-state index contributed by atoms with van der Waals surface area (Å²) in [5, 5.41) is 0. The van der Waals surface area contributed by atoms with Gasteiger partial charge in [0.1, 0.15) is 11.8 Å². The van der Waals surface area contributed by atoms with Gasteiger partial charge in [0.2, 0.25) is 5.91 Å². The molecule has 0 spiro atoms. The Morgan fingerprint density at radius 3 is 2.83 bits per heavy atom. The van der Waals surface area contributed by atoms with E-state index in [4.69, 9.17) is 9.47 Å². The van der Waals surface area contributed by atoms with Crippen LogP contribution in [0.5, 0.6) is 5.75 Å². The second kappa shape index (κ2) is 9.67. The summed E-state index contributed by atoms with van der Waals surface area (Å²) in [5.74, 6) is 0.491. The lowest BCUT2D eigenvalue weighted by Crippen LogP contribution is -2.48. The number of rotatable bonds is 7. The highest BCUT2D eigenvalue weighted by Gasteiger charge is 2.32. The van der Waals surface area contributed by atoms with Crippen LogP contribution in [0.4, 0.5) is 0 Å². The van der Waals surface area contributed by atoms with Crippen molar-refractivity contribution in [3.63, 3.8) is 0 Å². The van der Waals surface area contributed by atoms with Crippen LogP contribution in [0.3, 0.4) is 0 Å². The highest BCUT2D eigenvalue weighted by molar-refractivity contribution is 9.10. The van der Waals surface area contributed by atoms with Crippen LogP contribution >= 0.6 is 15.9 Å². The molecule has 24 heavy (non-hydrogen) atoms. The lowest BCUT2D eigenvalue weighted by atomic mass is 10.0. The molecule has 1 aliphatic rings. The fourth-order valence-electron chi connectivity index (χ4n) is 2.82. The van der Waals surface area contributed by atoms with E-state index in [0.717, 1.165) is 23.1 Å². The first-order valence-electron chi connectivity index (χ1n) is 8.47. The minimum atomic E-state index is -0.421. The van der Waals surface area contributed by atoms with Crippen LogP contribution in [0.25, 0.3) is 0 Å². The van der Waals surface area contributed by atoms with Crippen LogP contribution in [-0.4, -0.2) is 42.6 Å². The summed E-state index contributed by atoms with van der Waals surface area (Å²) >= 11 is 3.43. The van der Waals surface area contributed by atoms with Gasteiger partial charge >= 0.3 is 5.97 Å². The predicted octanol–water partition coefficient (Wildman–Crippen LogP) is 3.55. The van der Waals surface area contributed by atoms with Crippen LogP contribution in [0.15, 0.2) is 28.7 Å². The van der Waals surface area contributed by atoms with Crippen molar-refractivity contribution in [2.24, 2.45) is 0 Å². The van der Waals surface area contributed by atoms with E-state index in [9.17, 15) is 9.59 Å². The van der Waals surface area contributed by atoms with Crippen LogP contribution in [-0.2, 0) is 14.3 Å². The molecule has 1 amide bonds. The summed E-state index contributed by atoms with van der Waals surface area (Å²) < 4.78 is 11.7. The van der Waals surface area contributed by atoms with Crippen molar-refractivity contribution in [3.05, 3.63) is 28.7 Å². The summed E-state index contributed by atoms with van der Waals surface area (Å²) in [7, 11) is 0. The number of para-hydroxylation sites is 1. The van der Waals surface area contributed by atoms with Crippen LogP contribution in [0.2, 0.25) is 0 Å². The van der Waals surface area contributed by atoms with Crippen molar-refractivity contribution >= 4 is 27.8 Å². The molecule has 2 rings (SSSR count). The maximum absolute atomic E-state index is 12.4. The van der Waals surface area contributed by atoms with E-state index in [1.807, 2.05) is 24.3 Å². The average Bonchev–Trinajstić information content (AvgIpc) is 2.60. The molecule has 0 bridgehead atoms. The van der Waals surface area contributed by atoms with Gasteiger partial charge in [0.15, 0.2) is 0 Å². The average molecular weight is 398 g/mol. The van der Waals surface area contributed by atoms with Crippen molar-refractivity contribution in [2.75, 3.05) is 19.8 Å². The van der Waals surface area contributed by atoms with Gasteiger partial charge in [-0.1, -0.05) is 12.1 Å². The summed E-state index contributed by atoms with van der Waals surface area (Å²) in [6.45, 7) is 3.22. The Labute approximate surface area is 151 Å². The second-order valence-corrected chi connectivity index (χ2v) is 6.59. The maximum Gasteiger partial charge on any atom is 0.328 e. The zero-order valence-corrected chi connectivity index (χ0v) is 15.6. The number of carbonyl (C=O) groups is 2. The monoisotopic (exact) mass is 397 g/mol. The number of hydrogen-bond acceptors (Lipinski definition) is 4. The molecule has 1 aliphatic heterocycles. The van der Waals surface area contributed by atoms with E-state index in [-0.39, 0.29) is 11.9 Å². The normalized spacial score (nSPS) is 17.4. The Hall–Kier alpha value is -1.56. The molecule has 0 saturated carbocycles. The van der Waals surface area contributed by atoms with Crippen molar-refractivity contribution in [1.82, 2.24) is 4.90 Å². The van der Waals surface area contributed by atoms with Gasteiger partial charge in [0.25, 0.3) is 0 Å². The van der Waals surface area contributed by atoms with Crippen molar-refractivity contribution in [2.45, 2.75) is 45.1 Å². The number of amides is 1. The van der Waals surface area contributed by atoms with Crippen LogP contribution in [0, 0.1) is 0 Å². The van der Waals surface area contributed by atoms with Gasteiger partial charge in [0, 0.05) is 13.0 Å². The highest BCUT2D eigenvalue weighted by Crippen LogP contribution is 2.24. The summed E-state index contributed by atoms with van der Waals surface area (Å²) in [4.78, 5) is 26.1. The molecule has 1 unspecified atom stereocenters. The highest BCUT2D eigenvalue weighted by atomic mass is 79.9. The molecule has 0 aliphatic carbocycles. The van der Waals surface area contributed by atoms with Gasteiger partial charge in [0.05, 0.1) is 17.7 Å². The van der Waals surface area contributed by atoms with E-state index in [0.29, 0.717) is 39.0 Å². The Morgan fingerprint density at radius 1 is 1.29 bits per heavy atom. The number of piperidine rings is 1. The molecular weight excluding hydrogens is 374 g/mol. The third kappa shape index (κ3) is 5.23. The molecule has 1 saturated heterocycles. The van der Waals surface area contributed by atoms with Crippen molar-refractivity contribution < 1.29 is 19.1 Å². The van der Waals surface area contributed by atoms with Gasteiger partial charge in [-0.25, -0.2) is 4.79 Å². The number of likely N-dealkylation sites (tertiary alicyclic amines) is 1. The Kier molecular flexibility index (Phi) is 7.56. The topological polar surface area (TPSA) is 55.8 Å². The third-order valence-electron chi connectivity index (χ3n) is 4.01. The number of benzene rings is 1. The lowest BCUT2D eigenvalue weighted by molar-refractivity contribution is -0.156. The minimum absolute atomic E-state index is 0.00322. The Bertz CT molecular complexity index is 564. The molecule has 0 aromatic heterocycles. The number of halogens is 1. The van der Waals surface area contributed by atoms with Gasteiger partial charge < -0.3 is 14.4 Å². The quantitative estimate of drug-likeness (QED) is 0.521. The number of ether oxygens (including phenoxy) is 2. The van der Waals surface area contributed by atoms with E-state index in [1.54, 1.807) is 11.8 Å². The molecule has 0 radical (unpaired) electrons. The molecule has 1 aromatic carbocycles. The second-order valence-electron chi connectivity index (χ2n) is 5.73. The molecule has 1 aromatic rings. The lowest BCUT2D eigenvalue weighted by Gasteiger charge is -2.34. The summed E-state index contributed by atoms with van der Waals surface area (Å²) in [6.07, 6.45) is 3.58. The summed E-state index contributed by atoms with van der Waals surface area (Å²) in [6, 6.07) is 7.20. The third-order valence-corrected chi connectivity index (χ3v) is 4.67. The number of nitrogens with zero attached hydrogens (tertiary/aromatic N) is 1. The molecule has 1 atom stereocenters. The molecule has 5 nitrogen and oxygen atoms in total. The van der Waals surface area contributed by atoms with E-state index in [1.165, 1.54) is 0 Å². The maximum atomic E-state index is 12.4. The molecular formula is C18H24BrNO4.